The third-order valence-electron chi connectivity index (χ3n) is 5.04. The molecular weight excluding hydrogens is 358 g/mol. The highest BCUT2D eigenvalue weighted by atomic mass is 16.5. The fourth-order valence-electron chi connectivity index (χ4n) is 3.45. The molecule has 1 aromatic heterocycles. The smallest absolute Gasteiger partial charge is 0.161 e. The summed E-state index contributed by atoms with van der Waals surface area (Å²) in [5, 5.41) is 14.7. The number of hydrogen-bond acceptors (Lipinski definition) is 4. The van der Waals surface area contributed by atoms with E-state index < -0.39 is 0 Å². The number of ether oxygens (including phenoxy) is 1. The van der Waals surface area contributed by atoms with Crippen LogP contribution in [-0.2, 0) is 11.3 Å². The lowest BCUT2D eigenvalue weighted by molar-refractivity contribution is 0.185. The lowest BCUT2D eigenvalue weighted by Crippen LogP contribution is -2.00. The zero-order valence-corrected chi connectivity index (χ0v) is 17.0. The van der Waals surface area contributed by atoms with Crippen molar-refractivity contribution in [3.8, 4) is 11.3 Å². The minimum absolute atomic E-state index is 0.475. The molecule has 1 N–H and O–H groups in total. The van der Waals surface area contributed by atoms with Crippen LogP contribution in [0.25, 0.3) is 22.0 Å². The molecule has 0 radical (unpaired) electrons. The van der Waals surface area contributed by atoms with Crippen molar-refractivity contribution in [2.75, 3.05) is 12.4 Å². The van der Waals surface area contributed by atoms with Gasteiger partial charge in [0.2, 0.25) is 0 Å². The van der Waals surface area contributed by atoms with Crippen LogP contribution in [0, 0.1) is 0 Å². The molecule has 0 unspecified atom stereocenters. The van der Waals surface area contributed by atoms with Gasteiger partial charge in [0.1, 0.15) is 5.69 Å². The van der Waals surface area contributed by atoms with E-state index in [0.29, 0.717) is 12.5 Å². The first-order valence-electron chi connectivity index (χ1n) is 9.86. The molecule has 4 nitrogen and oxygen atoms in total. The summed E-state index contributed by atoms with van der Waals surface area (Å²) in [6.45, 7) is 4.99. The highest BCUT2D eigenvalue weighted by Gasteiger charge is 2.11. The Balaban J connectivity index is 1.73. The quantitative estimate of drug-likeness (QED) is 0.424. The van der Waals surface area contributed by atoms with Gasteiger partial charge in [-0.3, -0.25) is 0 Å². The minimum Gasteiger partial charge on any atom is -0.380 e. The van der Waals surface area contributed by atoms with Crippen LogP contribution in [-0.4, -0.2) is 17.3 Å². The van der Waals surface area contributed by atoms with Crippen molar-refractivity contribution in [3.63, 3.8) is 0 Å². The number of fused-ring (bicyclic) bond motifs is 1. The van der Waals surface area contributed by atoms with Crippen molar-refractivity contribution < 1.29 is 4.74 Å². The zero-order valence-electron chi connectivity index (χ0n) is 17.0. The van der Waals surface area contributed by atoms with Gasteiger partial charge < -0.3 is 10.1 Å². The van der Waals surface area contributed by atoms with E-state index in [1.54, 1.807) is 7.11 Å². The number of benzene rings is 3. The Hall–Kier alpha value is -3.24. The second kappa shape index (κ2) is 8.41. The molecule has 3 aromatic carbocycles. The monoisotopic (exact) mass is 383 g/mol. The molecule has 0 saturated carbocycles. The van der Waals surface area contributed by atoms with E-state index in [0.717, 1.165) is 39.1 Å². The number of nitrogens with one attached hydrogen (secondary N) is 1. The molecule has 0 saturated heterocycles. The Morgan fingerprint density at radius 1 is 0.862 bits per heavy atom. The lowest BCUT2D eigenvalue weighted by atomic mass is 10.0. The van der Waals surface area contributed by atoms with E-state index in [9.17, 15) is 0 Å². The standard InChI is InChI=1S/C25H25N3O/c1-17(2)20-7-6-8-21(15-20)26-25-23-10-5-4-9-22(23)24(27-28-25)19-13-11-18(12-14-19)16-29-3/h4-15,17H,16H2,1-3H3,(H,26,28). The van der Waals surface area contributed by atoms with E-state index in [4.69, 9.17) is 4.74 Å². The van der Waals surface area contributed by atoms with Crippen LogP contribution in [0.15, 0.2) is 72.8 Å². The largest absolute Gasteiger partial charge is 0.380 e. The summed E-state index contributed by atoms with van der Waals surface area (Å²) in [6.07, 6.45) is 0. The minimum atomic E-state index is 0.475. The first-order valence-corrected chi connectivity index (χ1v) is 9.86. The van der Waals surface area contributed by atoms with Crippen LogP contribution in [0.3, 0.4) is 0 Å². The Kier molecular flexibility index (Phi) is 5.54. The van der Waals surface area contributed by atoms with Gasteiger partial charge in [-0.05, 0) is 29.2 Å². The molecule has 29 heavy (non-hydrogen) atoms. The molecule has 0 aliphatic rings. The Labute approximate surface area is 171 Å². The van der Waals surface area contributed by atoms with Crippen LogP contribution in [0.4, 0.5) is 11.5 Å². The highest BCUT2D eigenvalue weighted by molar-refractivity contribution is 6.00. The van der Waals surface area contributed by atoms with Crippen molar-refractivity contribution in [2.24, 2.45) is 0 Å². The van der Waals surface area contributed by atoms with Gasteiger partial charge >= 0.3 is 0 Å². The van der Waals surface area contributed by atoms with Gasteiger partial charge in [-0.2, -0.15) is 0 Å². The molecule has 4 aromatic rings. The molecule has 0 aliphatic heterocycles. The molecule has 146 valence electrons. The summed E-state index contributed by atoms with van der Waals surface area (Å²) in [4.78, 5) is 0. The molecular formula is C25H25N3O. The first-order chi connectivity index (χ1) is 14.2. The molecule has 0 fully saturated rings. The van der Waals surface area contributed by atoms with Gasteiger partial charge in [-0.1, -0.05) is 74.5 Å². The van der Waals surface area contributed by atoms with Crippen LogP contribution in [0.2, 0.25) is 0 Å². The third kappa shape index (κ3) is 4.13. The first kappa shape index (κ1) is 19.1. The van der Waals surface area contributed by atoms with Crippen LogP contribution in [0.5, 0.6) is 0 Å². The molecule has 0 atom stereocenters. The van der Waals surface area contributed by atoms with Crippen LogP contribution < -0.4 is 5.32 Å². The number of nitrogens with zero attached hydrogens (tertiary/aromatic N) is 2. The van der Waals surface area contributed by atoms with Crippen molar-refractivity contribution in [2.45, 2.75) is 26.4 Å². The average Bonchev–Trinajstić information content (AvgIpc) is 2.75. The van der Waals surface area contributed by atoms with E-state index in [1.807, 2.05) is 12.1 Å². The van der Waals surface area contributed by atoms with Crippen LogP contribution >= 0.6 is 0 Å². The van der Waals surface area contributed by atoms with Gasteiger partial charge in [-0.25, -0.2) is 0 Å². The summed E-state index contributed by atoms with van der Waals surface area (Å²) < 4.78 is 5.20. The zero-order chi connectivity index (χ0) is 20.2. The average molecular weight is 383 g/mol. The third-order valence-corrected chi connectivity index (χ3v) is 5.04. The van der Waals surface area contributed by atoms with Crippen molar-refractivity contribution in [1.82, 2.24) is 10.2 Å². The molecule has 4 rings (SSSR count). The summed E-state index contributed by atoms with van der Waals surface area (Å²) in [7, 11) is 1.70. The number of hydrogen-bond donors (Lipinski definition) is 1. The Morgan fingerprint density at radius 3 is 2.34 bits per heavy atom. The topological polar surface area (TPSA) is 47.0 Å². The number of methoxy groups -OCH3 is 1. The van der Waals surface area contributed by atoms with Crippen molar-refractivity contribution in [1.29, 1.82) is 0 Å². The van der Waals surface area contributed by atoms with Gasteiger partial charge in [0, 0.05) is 29.1 Å². The fourth-order valence-corrected chi connectivity index (χ4v) is 3.45. The number of rotatable bonds is 6. The summed E-state index contributed by atoms with van der Waals surface area (Å²) in [5.74, 6) is 1.24. The molecule has 0 spiro atoms. The maximum Gasteiger partial charge on any atom is 0.161 e. The van der Waals surface area contributed by atoms with E-state index in [1.165, 1.54) is 5.56 Å². The lowest BCUT2D eigenvalue weighted by Gasteiger charge is -2.13. The van der Waals surface area contributed by atoms with Crippen LogP contribution in [0.1, 0.15) is 30.9 Å². The summed E-state index contributed by atoms with van der Waals surface area (Å²) in [6, 6.07) is 25.0. The highest BCUT2D eigenvalue weighted by Crippen LogP contribution is 2.31. The Morgan fingerprint density at radius 2 is 1.62 bits per heavy atom. The maximum atomic E-state index is 5.20. The van der Waals surface area contributed by atoms with Gasteiger partial charge in [0.05, 0.1) is 6.61 Å². The molecule has 0 amide bonds. The molecule has 0 aliphatic carbocycles. The van der Waals surface area contributed by atoms with E-state index >= 15 is 0 Å². The summed E-state index contributed by atoms with van der Waals surface area (Å²) in [5.41, 5.74) is 5.37. The Bertz CT molecular complexity index is 1120. The molecule has 4 heteroatoms. The van der Waals surface area contributed by atoms with E-state index in [2.05, 4.69) is 90.0 Å². The second-order valence-corrected chi connectivity index (χ2v) is 7.48. The predicted octanol–water partition coefficient (Wildman–Crippen LogP) is 6.31. The second-order valence-electron chi connectivity index (χ2n) is 7.48. The molecule has 0 bridgehead atoms. The van der Waals surface area contributed by atoms with Crippen molar-refractivity contribution in [3.05, 3.63) is 83.9 Å². The van der Waals surface area contributed by atoms with Crippen molar-refractivity contribution >= 4 is 22.3 Å². The normalized spacial score (nSPS) is 11.2. The van der Waals surface area contributed by atoms with Gasteiger partial charge in [-0.15, -0.1) is 10.2 Å². The maximum absolute atomic E-state index is 5.20. The van der Waals surface area contributed by atoms with Gasteiger partial charge in [0.15, 0.2) is 5.82 Å². The molecule has 1 heterocycles. The number of anilines is 2. The predicted molar refractivity (Wildman–Crippen MR) is 120 cm³/mol. The number of aromatic nitrogens is 2. The van der Waals surface area contributed by atoms with E-state index in [-0.39, 0.29) is 0 Å². The summed E-state index contributed by atoms with van der Waals surface area (Å²) >= 11 is 0. The fraction of sp³-hybridized carbons (Fsp3) is 0.200. The van der Waals surface area contributed by atoms with Gasteiger partial charge in [0.25, 0.3) is 0 Å². The SMILES string of the molecule is COCc1ccc(-c2nnc(Nc3cccc(C(C)C)c3)c3ccccc23)cc1.